The van der Waals surface area contributed by atoms with E-state index in [0.29, 0.717) is 25.3 Å². The van der Waals surface area contributed by atoms with E-state index in [0.717, 1.165) is 16.7 Å². The summed E-state index contributed by atoms with van der Waals surface area (Å²) in [5.74, 6) is 0.464. The van der Waals surface area contributed by atoms with Gasteiger partial charge in [-0.2, -0.15) is 0 Å². The number of benzene rings is 1. The van der Waals surface area contributed by atoms with Crippen molar-refractivity contribution in [2.45, 2.75) is 46.6 Å². The van der Waals surface area contributed by atoms with Crippen LogP contribution in [0, 0.1) is 19.8 Å². The third-order valence-electron chi connectivity index (χ3n) is 3.15. The van der Waals surface area contributed by atoms with Gasteiger partial charge in [0.15, 0.2) is 0 Å². The Morgan fingerprint density at radius 3 is 2.63 bits per heavy atom. The van der Waals surface area contributed by atoms with E-state index in [1.165, 1.54) is 0 Å². The molecule has 0 saturated carbocycles. The fourth-order valence-corrected chi connectivity index (χ4v) is 1.95. The van der Waals surface area contributed by atoms with Gasteiger partial charge in [-0.3, -0.25) is 4.79 Å². The van der Waals surface area contributed by atoms with Crippen molar-refractivity contribution in [3.63, 3.8) is 0 Å². The number of carbonyl (C=O) groups excluding carboxylic acids is 1. The molecule has 3 nitrogen and oxygen atoms in total. The van der Waals surface area contributed by atoms with Gasteiger partial charge < -0.3 is 10.4 Å². The SMILES string of the molecule is Cc1ccc(C)c(C(O)CCC(=O)NCC(C)C)c1. The maximum atomic E-state index is 11.6. The summed E-state index contributed by atoms with van der Waals surface area (Å²) in [6, 6.07) is 6.03. The fourth-order valence-electron chi connectivity index (χ4n) is 1.95. The highest BCUT2D eigenvalue weighted by atomic mass is 16.3. The van der Waals surface area contributed by atoms with Crippen LogP contribution in [0.2, 0.25) is 0 Å². The summed E-state index contributed by atoms with van der Waals surface area (Å²) >= 11 is 0. The Morgan fingerprint density at radius 1 is 1.32 bits per heavy atom. The van der Waals surface area contributed by atoms with Crippen LogP contribution in [-0.2, 0) is 4.79 Å². The molecule has 0 bridgehead atoms. The minimum atomic E-state index is -0.565. The lowest BCUT2D eigenvalue weighted by molar-refractivity contribution is -0.121. The summed E-state index contributed by atoms with van der Waals surface area (Å²) in [5.41, 5.74) is 3.13. The summed E-state index contributed by atoms with van der Waals surface area (Å²) < 4.78 is 0. The summed E-state index contributed by atoms with van der Waals surface area (Å²) in [6.07, 6.45) is 0.264. The van der Waals surface area contributed by atoms with Gasteiger partial charge in [0.2, 0.25) is 5.91 Å². The normalized spacial score (nSPS) is 12.5. The molecular formula is C16H25NO2. The van der Waals surface area contributed by atoms with Crippen molar-refractivity contribution in [2.24, 2.45) is 5.92 Å². The fraction of sp³-hybridized carbons (Fsp3) is 0.562. The van der Waals surface area contributed by atoms with Gasteiger partial charge in [-0.05, 0) is 37.3 Å². The second-order valence-electron chi connectivity index (χ2n) is 5.61. The van der Waals surface area contributed by atoms with E-state index in [2.05, 4.69) is 19.2 Å². The van der Waals surface area contributed by atoms with Gasteiger partial charge in [-0.25, -0.2) is 0 Å². The quantitative estimate of drug-likeness (QED) is 0.829. The number of rotatable bonds is 6. The molecule has 0 heterocycles. The van der Waals surface area contributed by atoms with Crippen LogP contribution in [-0.4, -0.2) is 17.6 Å². The van der Waals surface area contributed by atoms with Gasteiger partial charge in [0.25, 0.3) is 0 Å². The molecule has 0 aromatic heterocycles. The lowest BCUT2D eigenvalue weighted by Gasteiger charge is -2.15. The first kappa shape index (κ1) is 15.7. The molecule has 0 spiro atoms. The van der Waals surface area contributed by atoms with Crippen LogP contribution in [0.3, 0.4) is 0 Å². The van der Waals surface area contributed by atoms with Crippen molar-refractivity contribution in [3.8, 4) is 0 Å². The first-order chi connectivity index (χ1) is 8.90. The van der Waals surface area contributed by atoms with Crippen LogP contribution in [0.1, 0.15) is 49.5 Å². The number of aliphatic hydroxyl groups excluding tert-OH is 1. The predicted molar refractivity (Wildman–Crippen MR) is 78.0 cm³/mol. The maximum Gasteiger partial charge on any atom is 0.220 e. The number of carbonyl (C=O) groups is 1. The molecule has 1 amide bonds. The number of nitrogens with one attached hydrogen (secondary N) is 1. The van der Waals surface area contributed by atoms with Gasteiger partial charge in [-0.1, -0.05) is 37.6 Å². The van der Waals surface area contributed by atoms with E-state index in [1.54, 1.807) is 0 Å². The molecule has 0 aliphatic rings. The Bertz CT molecular complexity index is 427. The van der Waals surface area contributed by atoms with E-state index in [1.807, 2.05) is 32.0 Å². The number of hydrogen-bond acceptors (Lipinski definition) is 2. The van der Waals surface area contributed by atoms with Crippen LogP contribution in [0.25, 0.3) is 0 Å². The van der Waals surface area contributed by atoms with Crippen LogP contribution in [0.5, 0.6) is 0 Å². The number of aliphatic hydroxyl groups is 1. The van der Waals surface area contributed by atoms with E-state index >= 15 is 0 Å². The highest BCUT2D eigenvalue weighted by molar-refractivity contribution is 5.75. The standard InChI is InChI=1S/C16H25NO2/c1-11(2)10-17-16(19)8-7-15(18)14-9-12(3)5-6-13(14)4/h5-6,9,11,15,18H,7-8,10H2,1-4H3,(H,17,19). The molecular weight excluding hydrogens is 238 g/mol. The molecule has 0 saturated heterocycles. The Kier molecular flexibility index (Phi) is 6.03. The summed E-state index contributed by atoms with van der Waals surface area (Å²) in [5, 5.41) is 13.0. The smallest absolute Gasteiger partial charge is 0.220 e. The van der Waals surface area contributed by atoms with Crippen LogP contribution in [0.4, 0.5) is 0 Å². The van der Waals surface area contributed by atoms with Crippen molar-refractivity contribution >= 4 is 5.91 Å². The Morgan fingerprint density at radius 2 is 2.00 bits per heavy atom. The van der Waals surface area contributed by atoms with Gasteiger partial charge in [0.1, 0.15) is 0 Å². The zero-order valence-corrected chi connectivity index (χ0v) is 12.4. The molecule has 19 heavy (non-hydrogen) atoms. The monoisotopic (exact) mass is 263 g/mol. The molecule has 0 aliphatic heterocycles. The molecule has 1 aromatic rings. The summed E-state index contributed by atoms with van der Waals surface area (Å²) in [7, 11) is 0. The summed E-state index contributed by atoms with van der Waals surface area (Å²) in [4.78, 5) is 11.6. The third-order valence-corrected chi connectivity index (χ3v) is 3.15. The second-order valence-corrected chi connectivity index (χ2v) is 5.61. The lowest BCUT2D eigenvalue weighted by atomic mass is 9.98. The van der Waals surface area contributed by atoms with Gasteiger partial charge in [0.05, 0.1) is 6.10 Å². The molecule has 1 rings (SSSR count). The number of hydrogen-bond donors (Lipinski definition) is 2. The molecule has 1 atom stereocenters. The van der Waals surface area contributed by atoms with E-state index in [9.17, 15) is 9.90 Å². The van der Waals surface area contributed by atoms with Gasteiger partial charge in [-0.15, -0.1) is 0 Å². The topological polar surface area (TPSA) is 49.3 Å². The van der Waals surface area contributed by atoms with Gasteiger partial charge >= 0.3 is 0 Å². The van der Waals surface area contributed by atoms with Crippen molar-refractivity contribution in [1.29, 1.82) is 0 Å². The summed E-state index contributed by atoms with van der Waals surface area (Å²) in [6.45, 7) is 8.80. The van der Waals surface area contributed by atoms with Crippen molar-refractivity contribution in [1.82, 2.24) is 5.32 Å². The molecule has 2 N–H and O–H groups in total. The molecule has 3 heteroatoms. The van der Waals surface area contributed by atoms with Crippen molar-refractivity contribution in [2.75, 3.05) is 6.54 Å². The Balaban J connectivity index is 2.49. The zero-order valence-electron chi connectivity index (χ0n) is 12.4. The number of aryl methyl sites for hydroxylation is 2. The Hall–Kier alpha value is -1.35. The van der Waals surface area contributed by atoms with Crippen LogP contribution >= 0.6 is 0 Å². The average molecular weight is 263 g/mol. The van der Waals surface area contributed by atoms with E-state index in [-0.39, 0.29) is 5.91 Å². The predicted octanol–water partition coefficient (Wildman–Crippen LogP) is 2.89. The Labute approximate surface area is 116 Å². The molecule has 1 unspecified atom stereocenters. The molecule has 0 radical (unpaired) electrons. The molecule has 0 aliphatic carbocycles. The van der Waals surface area contributed by atoms with E-state index in [4.69, 9.17) is 0 Å². The van der Waals surface area contributed by atoms with E-state index < -0.39 is 6.10 Å². The van der Waals surface area contributed by atoms with Gasteiger partial charge in [0, 0.05) is 13.0 Å². The lowest BCUT2D eigenvalue weighted by Crippen LogP contribution is -2.27. The first-order valence-corrected chi connectivity index (χ1v) is 6.92. The van der Waals surface area contributed by atoms with Crippen LogP contribution < -0.4 is 5.32 Å². The largest absolute Gasteiger partial charge is 0.388 e. The van der Waals surface area contributed by atoms with Crippen LogP contribution in [0.15, 0.2) is 18.2 Å². The highest BCUT2D eigenvalue weighted by Crippen LogP contribution is 2.22. The zero-order chi connectivity index (χ0) is 14.4. The second kappa shape index (κ2) is 7.29. The molecule has 0 fully saturated rings. The molecule has 106 valence electrons. The number of amides is 1. The highest BCUT2D eigenvalue weighted by Gasteiger charge is 2.12. The average Bonchev–Trinajstić information content (AvgIpc) is 2.36. The minimum Gasteiger partial charge on any atom is -0.388 e. The first-order valence-electron chi connectivity index (χ1n) is 6.92. The maximum absolute atomic E-state index is 11.6. The third kappa shape index (κ3) is 5.43. The van der Waals surface area contributed by atoms with Crippen molar-refractivity contribution in [3.05, 3.63) is 34.9 Å². The van der Waals surface area contributed by atoms with Crippen molar-refractivity contribution < 1.29 is 9.90 Å². The molecule has 1 aromatic carbocycles. The minimum absolute atomic E-state index is 0.0121.